The van der Waals surface area contributed by atoms with E-state index < -0.39 is 0 Å². The summed E-state index contributed by atoms with van der Waals surface area (Å²) >= 11 is 2.02. The lowest BCUT2D eigenvalue weighted by Gasteiger charge is -2.24. The molecule has 2 fully saturated rings. The highest BCUT2D eigenvalue weighted by Gasteiger charge is 2.23. The van der Waals surface area contributed by atoms with Gasteiger partial charge in [-0.1, -0.05) is 56.4 Å². The van der Waals surface area contributed by atoms with Gasteiger partial charge in [0.05, 0.1) is 0 Å². The third kappa shape index (κ3) is 4.78. The Labute approximate surface area is 151 Å². The second-order valence-corrected chi connectivity index (χ2v) is 8.74. The van der Waals surface area contributed by atoms with Crippen LogP contribution in [0.2, 0.25) is 0 Å². The Bertz CT molecular complexity index is 538. The number of rotatable bonds is 4. The molecule has 1 saturated heterocycles. The Morgan fingerprint density at radius 3 is 2.71 bits per heavy atom. The maximum Gasteiger partial charge on any atom is 0.222 e. The molecule has 0 bridgehead atoms. The van der Waals surface area contributed by atoms with Gasteiger partial charge in [0.2, 0.25) is 5.91 Å². The van der Waals surface area contributed by atoms with Gasteiger partial charge in [0.25, 0.3) is 0 Å². The van der Waals surface area contributed by atoms with E-state index in [1.54, 1.807) is 0 Å². The van der Waals surface area contributed by atoms with Gasteiger partial charge in [-0.05, 0) is 36.8 Å². The van der Waals surface area contributed by atoms with Crippen molar-refractivity contribution in [2.24, 2.45) is 5.92 Å². The van der Waals surface area contributed by atoms with Gasteiger partial charge in [0.1, 0.15) is 0 Å². The molecule has 1 aromatic rings. The molecule has 2 aliphatic rings. The topological polar surface area (TPSA) is 20.3 Å². The first-order valence-corrected chi connectivity index (χ1v) is 10.7. The molecule has 3 rings (SSSR count). The maximum absolute atomic E-state index is 12.6. The summed E-state index contributed by atoms with van der Waals surface area (Å²) in [5.74, 6) is 2.27. The highest BCUT2D eigenvalue weighted by atomic mass is 32.2. The average Bonchev–Trinajstić information content (AvgIpc) is 2.87. The van der Waals surface area contributed by atoms with Crippen LogP contribution in [0, 0.1) is 12.8 Å². The molecular formula is C21H31NOS. The summed E-state index contributed by atoms with van der Waals surface area (Å²) in [7, 11) is 0. The number of benzene rings is 1. The molecule has 3 heteroatoms. The van der Waals surface area contributed by atoms with Gasteiger partial charge in [-0.25, -0.2) is 0 Å². The molecule has 1 aliphatic carbocycles. The molecule has 132 valence electrons. The van der Waals surface area contributed by atoms with Crippen LogP contribution < -0.4 is 0 Å². The van der Waals surface area contributed by atoms with Crippen molar-refractivity contribution in [2.45, 2.75) is 63.5 Å². The summed E-state index contributed by atoms with van der Waals surface area (Å²) in [6.07, 6.45) is 9.80. The minimum Gasteiger partial charge on any atom is -0.342 e. The second kappa shape index (κ2) is 8.94. The first-order chi connectivity index (χ1) is 11.7. The van der Waals surface area contributed by atoms with Gasteiger partial charge < -0.3 is 4.90 Å². The first kappa shape index (κ1) is 17.8. The van der Waals surface area contributed by atoms with E-state index in [-0.39, 0.29) is 0 Å². The summed E-state index contributed by atoms with van der Waals surface area (Å²) in [5, 5.41) is 0.544. The largest absolute Gasteiger partial charge is 0.342 e. The Morgan fingerprint density at radius 2 is 1.92 bits per heavy atom. The standard InChI is InChI=1S/C21H31NOS/c1-17-7-5-6-10-19(17)20-13-14-22(15-16-24-20)21(23)12-11-18-8-3-2-4-9-18/h5-7,10,18,20H,2-4,8-9,11-16H2,1H3. The summed E-state index contributed by atoms with van der Waals surface area (Å²) in [6.45, 7) is 4.06. The van der Waals surface area contributed by atoms with E-state index in [1.165, 1.54) is 43.2 Å². The van der Waals surface area contributed by atoms with Crippen molar-refractivity contribution < 1.29 is 4.79 Å². The highest BCUT2D eigenvalue weighted by Crippen LogP contribution is 2.36. The minimum atomic E-state index is 0.395. The molecule has 1 aliphatic heterocycles. The van der Waals surface area contributed by atoms with E-state index >= 15 is 0 Å². The second-order valence-electron chi connectivity index (χ2n) is 7.43. The molecule has 1 saturated carbocycles. The fourth-order valence-corrected chi connectivity index (χ4v) is 5.50. The molecular weight excluding hydrogens is 314 g/mol. The van der Waals surface area contributed by atoms with Crippen LogP contribution >= 0.6 is 11.8 Å². The Hall–Kier alpha value is -0.960. The minimum absolute atomic E-state index is 0.395. The van der Waals surface area contributed by atoms with Crippen LogP contribution in [-0.2, 0) is 4.79 Å². The van der Waals surface area contributed by atoms with Crippen LogP contribution in [0.1, 0.15) is 67.7 Å². The van der Waals surface area contributed by atoms with Crippen molar-refractivity contribution in [1.29, 1.82) is 0 Å². The molecule has 1 amide bonds. The van der Waals surface area contributed by atoms with Gasteiger partial charge in [-0.3, -0.25) is 4.79 Å². The van der Waals surface area contributed by atoms with E-state index in [4.69, 9.17) is 0 Å². The van der Waals surface area contributed by atoms with E-state index in [1.807, 2.05) is 11.8 Å². The third-order valence-electron chi connectivity index (χ3n) is 5.72. The van der Waals surface area contributed by atoms with E-state index in [9.17, 15) is 4.79 Å². The predicted molar refractivity (Wildman–Crippen MR) is 103 cm³/mol. The van der Waals surface area contributed by atoms with Gasteiger partial charge in [0, 0.05) is 30.5 Å². The summed E-state index contributed by atoms with van der Waals surface area (Å²) in [5.41, 5.74) is 2.84. The number of thioether (sulfide) groups is 1. The smallest absolute Gasteiger partial charge is 0.222 e. The van der Waals surface area contributed by atoms with E-state index in [0.29, 0.717) is 11.2 Å². The van der Waals surface area contributed by atoms with Gasteiger partial charge in [-0.15, -0.1) is 0 Å². The summed E-state index contributed by atoms with van der Waals surface area (Å²) in [4.78, 5) is 14.8. The Balaban J connectivity index is 1.49. The van der Waals surface area contributed by atoms with Crippen LogP contribution in [0.4, 0.5) is 0 Å². The number of hydrogen-bond acceptors (Lipinski definition) is 2. The molecule has 0 aromatic heterocycles. The monoisotopic (exact) mass is 345 g/mol. The Morgan fingerprint density at radius 1 is 1.12 bits per heavy atom. The number of hydrogen-bond donors (Lipinski definition) is 0. The zero-order valence-corrected chi connectivity index (χ0v) is 15.8. The fourth-order valence-electron chi connectivity index (χ4n) is 4.18. The number of carbonyl (C=O) groups excluding carboxylic acids is 1. The molecule has 1 heterocycles. The molecule has 0 radical (unpaired) electrons. The fraction of sp³-hybridized carbons (Fsp3) is 0.667. The predicted octanol–water partition coefficient (Wildman–Crippen LogP) is 5.36. The van der Waals surface area contributed by atoms with Crippen molar-refractivity contribution in [3.63, 3.8) is 0 Å². The lowest BCUT2D eigenvalue weighted by Crippen LogP contribution is -2.33. The van der Waals surface area contributed by atoms with E-state index in [0.717, 1.165) is 44.0 Å². The molecule has 1 aromatic carbocycles. The third-order valence-corrected chi connectivity index (χ3v) is 7.03. The van der Waals surface area contributed by atoms with Crippen molar-refractivity contribution >= 4 is 17.7 Å². The van der Waals surface area contributed by atoms with Crippen molar-refractivity contribution in [3.8, 4) is 0 Å². The quantitative estimate of drug-likeness (QED) is 0.732. The zero-order chi connectivity index (χ0) is 16.8. The molecule has 0 spiro atoms. The number of amides is 1. The highest BCUT2D eigenvalue weighted by molar-refractivity contribution is 7.99. The molecule has 1 atom stereocenters. The van der Waals surface area contributed by atoms with E-state index in [2.05, 4.69) is 36.1 Å². The SMILES string of the molecule is Cc1ccccc1C1CCN(C(=O)CCC2CCCCC2)CCS1. The van der Waals surface area contributed by atoms with Gasteiger partial charge in [0.15, 0.2) is 0 Å². The van der Waals surface area contributed by atoms with Crippen LogP contribution in [-0.4, -0.2) is 29.6 Å². The molecule has 1 unspecified atom stereocenters. The first-order valence-electron chi connectivity index (χ1n) is 9.69. The lowest BCUT2D eigenvalue weighted by atomic mass is 9.86. The van der Waals surface area contributed by atoms with Crippen molar-refractivity contribution in [1.82, 2.24) is 4.90 Å². The Kier molecular flexibility index (Phi) is 6.65. The summed E-state index contributed by atoms with van der Waals surface area (Å²) in [6, 6.07) is 8.71. The van der Waals surface area contributed by atoms with Crippen molar-refractivity contribution in [2.75, 3.05) is 18.8 Å². The maximum atomic E-state index is 12.6. The zero-order valence-electron chi connectivity index (χ0n) is 15.0. The number of carbonyl (C=O) groups is 1. The van der Waals surface area contributed by atoms with Crippen LogP contribution in [0.15, 0.2) is 24.3 Å². The number of nitrogens with zero attached hydrogens (tertiary/aromatic N) is 1. The van der Waals surface area contributed by atoms with Gasteiger partial charge >= 0.3 is 0 Å². The van der Waals surface area contributed by atoms with Crippen molar-refractivity contribution in [3.05, 3.63) is 35.4 Å². The average molecular weight is 346 g/mol. The normalized spacial score (nSPS) is 23.0. The van der Waals surface area contributed by atoms with Crippen LogP contribution in [0.3, 0.4) is 0 Å². The van der Waals surface area contributed by atoms with Gasteiger partial charge in [-0.2, -0.15) is 11.8 Å². The van der Waals surface area contributed by atoms with Crippen LogP contribution in [0.5, 0.6) is 0 Å². The molecule has 2 nitrogen and oxygen atoms in total. The van der Waals surface area contributed by atoms with Crippen LogP contribution in [0.25, 0.3) is 0 Å². The summed E-state index contributed by atoms with van der Waals surface area (Å²) < 4.78 is 0. The molecule has 0 N–H and O–H groups in total. The number of aryl methyl sites for hydroxylation is 1. The molecule has 24 heavy (non-hydrogen) atoms. The lowest BCUT2D eigenvalue weighted by molar-refractivity contribution is -0.131.